The minimum Gasteiger partial charge on any atom is -0.0836 e. The summed E-state index contributed by atoms with van der Waals surface area (Å²) in [5.74, 6) is 3.90. The third-order valence-electron chi connectivity index (χ3n) is 6.03. The Morgan fingerprint density at radius 2 is 1.50 bits per heavy atom. The van der Waals surface area contributed by atoms with Gasteiger partial charge in [0.25, 0.3) is 0 Å². The summed E-state index contributed by atoms with van der Waals surface area (Å²) < 4.78 is 0. The molecule has 3 unspecified atom stereocenters. The molecular formula is C19H25Br. The van der Waals surface area contributed by atoms with E-state index in [4.69, 9.17) is 0 Å². The summed E-state index contributed by atoms with van der Waals surface area (Å²) in [6.07, 6.45) is 11.6. The molecule has 0 aliphatic heterocycles. The van der Waals surface area contributed by atoms with Crippen molar-refractivity contribution in [3.63, 3.8) is 0 Å². The molecule has 3 aliphatic carbocycles. The molecule has 108 valence electrons. The zero-order chi connectivity index (χ0) is 13.5. The van der Waals surface area contributed by atoms with Crippen LogP contribution in [-0.2, 0) is 0 Å². The lowest BCUT2D eigenvalue weighted by molar-refractivity contribution is 0.443. The number of halogens is 1. The van der Waals surface area contributed by atoms with Gasteiger partial charge < -0.3 is 0 Å². The molecule has 0 heterocycles. The average molecular weight is 333 g/mol. The summed E-state index contributed by atoms with van der Waals surface area (Å²) in [5, 5.41) is 0. The van der Waals surface area contributed by atoms with Gasteiger partial charge in [-0.1, -0.05) is 59.5 Å². The van der Waals surface area contributed by atoms with Crippen LogP contribution in [0.5, 0.6) is 0 Å². The van der Waals surface area contributed by atoms with Crippen LogP contribution in [0.2, 0.25) is 0 Å². The van der Waals surface area contributed by atoms with E-state index < -0.39 is 0 Å². The molecule has 20 heavy (non-hydrogen) atoms. The zero-order valence-electron chi connectivity index (χ0n) is 12.2. The van der Waals surface area contributed by atoms with E-state index in [1.165, 1.54) is 56.9 Å². The predicted octanol–water partition coefficient (Wildman–Crippen LogP) is 6.22. The van der Waals surface area contributed by atoms with Crippen molar-refractivity contribution in [3.8, 4) is 0 Å². The van der Waals surface area contributed by atoms with E-state index >= 15 is 0 Å². The van der Waals surface area contributed by atoms with Gasteiger partial charge >= 0.3 is 0 Å². The second kappa shape index (κ2) is 5.48. The molecule has 1 heteroatoms. The highest BCUT2D eigenvalue weighted by Gasteiger charge is 2.47. The fourth-order valence-corrected chi connectivity index (χ4v) is 5.40. The molecule has 3 atom stereocenters. The first-order valence-corrected chi connectivity index (χ1v) is 9.47. The molecule has 4 rings (SSSR count). The van der Waals surface area contributed by atoms with E-state index in [9.17, 15) is 0 Å². The lowest BCUT2D eigenvalue weighted by Gasteiger charge is -2.23. The lowest BCUT2D eigenvalue weighted by atomic mass is 9.83. The Kier molecular flexibility index (Phi) is 3.66. The van der Waals surface area contributed by atoms with Gasteiger partial charge in [0, 0.05) is 4.83 Å². The van der Waals surface area contributed by atoms with Crippen LogP contribution in [0.3, 0.4) is 0 Å². The average Bonchev–Trinajstić information content (AvgIpc) is 3.13. The topological polar surface area (TPSA) is 0 Å². The molecule has 0 N–H and O–H groups in total. The smallest absolute Gasteiger partial charge is 0.0423 e. The third-order valence-corrected chi connectivity index (χ3v) is 7.30. The van der Waals surface area contributed by atoms with Crippen LogP contribution in [0, 0.1) is 17.8 Å². The zero-order valence-corrected chi connectivity index (χ0v) is 13.8. The minimum atomic E-state index is 0.593. The van der Waals surface area contributed by atoms with Gasteiger partial charge in [-0.15, -0.1) is 0 Å². The van der Waals surface area contributed by atoms with Gasteiger partial charge in [-0.05, 0) is 66.9 Å². The van der Waals surface area contributed by atoms with Crippen molar-refractivity contribution in [2.24, 2.45) is 17.8 Å². The van der Waals surface area contributed by atoms with Crippen LogP contribution < -0.4 is 0 Å². The number of hydrogen-bond acceptors (Lipinski definition) is 0. The third kappa shape index (κ3) is 2.58. The maximum atomic E-state index is 3.98. The van der Waals surface area contributed by atoms with Crippen molar-refractivity contribution in [1.82, 2.24) is 0 Å². The van der Waals surface area contributed by atoms with Gasteiger partial charge in [-0.3, -0.25) is 0 Å². The molecule has 0 nitrogen and oxygen atoms in total. The van der Waals surface area contributed by atoms with Crippen molar-refractivity contribution in [1.29, 1.82) is 0 Å². The summed E-state index contributed by atoms with van der Waals surface area (Å²) in [6.45, 7) is 0. The first-order valence-electron chi connectivity index (χ1n) is 8.55. The Morgan fingerprint density at radius 3 is 2.15 bits per heavy atom. The van der Waals surface area contributed by atoms with Crippen molar-refractivity contribution in [2.45, 2.75) is 62.1 Å². The van der Waals surface area contributed by atoms with Crippen LogP contribution in [-0.4, -0.2) is 0 Å². The molecule has 0 saturated heterocycles. The van der Waals surface area contributed by atoms with E-state index in [2.05, 4.69) is 40.2 Å². The maximum absolute atomic E-state index is 3.98. The van der Waals surface area contributed by atoms with Crippen LogP contribution in [0.25, 0.3) is 0 Å². The molecule has 0 amide bonds. The second-order valence-corrected chi connectivity index (χ2v) is 8.38. The molecular weight excluding hydrogens is 308 g/mol. The van der Waals surface area contributed by atoms with E-state index in [-0.39, 0.29) is 0 Å². The molecule has 3 aliphatic rings. The molecule has 1 aromatic carbocycles. The minimum absolute atomic E-state index is 0.593. The Bertz CT molecular complexity index is 447. The van der Waals surface area contributed by atoms with Crippen LogP contribution in [0.1, 0.15) is 73.2 Å². The van der Waals surface area contributed by atoms with Gasteiger partial charge in [-0.2, -0.15) is 0 Å². The number of hydrogen-bond donors (Lipinski definition) is 0. The van der Waals surface area contributed by atoms with Crippen molar-refractivity contribution in [2.75, 3.05) is 0 Å². The molecule has 0 aromatic heterocycles. The van der Waals surface area contributed by atoms with E-state index in [1.807, 2.05) is 0 Å². The predicted molar refractivity (Wildman–Crippen MR) is 88.3 cm³/mol. The molecule has 1 aromatic rings. The molecule has 0 bridgehead atoms. The maximum Gasteiger partial charge on any atom is 0.0423 e. The number of fused-ring (bicyclic) bond motifs is 1. The highest BCUT2D eigenvalue weighted by Crippen LogP contribution is 2.58. The largest absolute Gasteiger partial charge is 0.0836 e. The first-order chi connectivity index (χ1) is 9.81. The Hall–Kier alpha value is -0.300. The van der Waals surface area contributed by atoms with E-state index in [0.29, 0.717) is 4.83 Å². The second-order valence-electron chi connectivity index (χ2n) is 7.39. The number of rotatable bonds is 3. The first kappa shape index (κ1) is 13.4. The summed E-state index contributed by atoms with van der Waals surface area (Å²) in [6, 6.07) is 9.62. The summed E-state index contributed by atoms with van der Waals surface area (Å²) in [7, 11) is 0. The van der Waals surface area contributed by atoms with Crippen molar-refractivity contribution in [3.05, 3.63) is 35.4 Å². The Labute approximate surface area is 131 Å². The van der Waals surface area contributed by atoms with E-state index in [0.717, 1.165) is 23.7 Å². The SMILES string of the molecule is BrC(c1ccc(C2CCCCC2)cc1)C1CC2CC2C1. The number of benzene rings is 1. The van der Waals surface area contributed by atoms with Crippen molar-refractivity contribution < 1.29 is 0 Å². The van der Waals surface area contributed by atoms with Gasteiger partial charge in [0.15, 0.2) is 0 Å². The molecule has 3 fully saturated rings. The molecule has 3 saturated carbocycles. The van der Waals surface area contributed by atoms with E-state index in [1.54, 1.807) is 5.56 Å². The van der Waals surface area contributed by atoms with Crippen LogP contribution >= 0.6 is 15.9 Å². The standard InChI is InChI=1S/C19H25Br/c20-19(18-11-16-10-17(16)12-18)15-8-6-14(7-9-15)13-4-2-1-3-5-13/h6-9,13,16-19H,1-5,10-12H2. The summed E-state index contributed by atoms with van der Waals surface area (Å²) in [5.41, 5.74) is 3.10. The summed E-state index contributed by atoms with van der Waals surface area (Å²) in [4.78, 5) is 0.593. The Morgan fingerprint density at radius 1 is 0.850 bits per heavy atom. The fourth-order valence-electron chi connectivity index (χ4n) is 4.66. The highest BCUT2D eigenvalue weighted by molar-refractivity contribution is 9.09. The normalized spacial score (nSPS) is 34.8. The van der Waals surface area contributed by atoms with Crippen LogP contribution in [0.4, 0.5) is 0 Å². The number of alkyl halides is 1. The van der Waals surface area contributed by atoms with Gasteiger partial charge in [0.1, 0.15) is 0 Å². The molecule has 0 spiro atoms. The quantitative estimate of drug-likeness (QED) is 0.576. The Balaban J connectivity index is 1.43. The van der Waals surface area contributed by atoms with Gasteiger partial charge in [-0.25, -0.2) is 0 Å². The lowest BCUT2D eigenvalue weighted by Crippen LogP contribution is -2.07. The summed E-state index contributed by atoms with van der Waals surface area (Å²) >= 11 is 3.98. The fraction of sp³-hybridized carbons (Fsp3) is 0.684. The van der Waals surface area contributed by atoms with Gasteiger partial charge in [0.05, 0.1) is 0 Å². The van der Waals surface area contributed by atoms with Crippen molar-refractivity contribution >= 4 is 15.9 Å². The monoisotopic (exact) mass is 332 g/mol. The van der Waals surface area contributed by atoms with Gasteiger partial charge in [0.2, 0.25) is 0 Å². The van der Waals surface area contributed by atoms with Crippen LogP contribution in [0.15, 0.2) is 24.3 Å². The molecule has 0 radical (unpaired) electrons. The highest BCUT2D eigenvalue weighted by atomic mass is 79.9.